The number of nitrogens with two attached hydrogens (primary N) is 2. The van der Waals surface area contributed by atoms with Gasteiger partial charge in [0.15, 0.2) is 11.7 Å². The maximum Gasteiger partial charge on any atom is 0.251 e. The summed E-state index contributed by atoms with van der Waals surface area (Å²) in [7, 11) is 0. The van der Waals surface area contributed by atoms with Crippen LogP contribution in [0.15, 0.2) is 29.3 Å². The van der Waals surface area contributed by atoms with Crippen LogP contribution in [0, 0.1) is 5.92 Å². The molecule has 228 valence electrons. The summed E-state index contributed by atoms with van der Waals surface area (Å²) in [6, 6.07) is 3.36. The number of rotatable bonds is 12. The molecule has 1 heterocycles. The predicted octanol–water partition coefficient (Wildman–Crippen LogP) is 1.49. The van der Waals surface area contributed by atoms with E-state index in [1.165, 1.54) is 24.8 Å². The molecule has 1 aromatic carbocycles. The van der Waals surface area contributed by atoms with E-state index < -0.39 is 48.3 Å². The predicted molar refractivity (Wildman–Crippen MR) is 156 cm³/mol. The molecule has 13 heteroatoms. The van der Waals surface area contributed by atoms with Gasteiger partial charge < -0.3 is 32.3 Å². The second kappa shape index (κ2) is 17.6. The minimum Gasteiger partial charge on any atom is -0.370 e. The lowest BCUT2D eigenvalue weighted by atomic mass is 10.1. The summed E-state index contributed by atoms with van der Waals surface area (Å²) in [5, 5.41) is 7.75. The van der Waals surface area contributed by atoms with Gasteiger partial charge in [-0.2, -0.15) is 0 Å². The number of guanidine groups is 1. The monoisotopic (exact) mass is 577 g/mol. The Morgan fingerprint density at radius 3 is 2.34 bits per heavy atom. The molecule has 0 aliphatic carbocycles. The first-order valence-electron chi connectivity index (χ1n) is 13.7. The van der Waals surface area contributed by atoms with Crippen molar-refractivity contribution in [2.24, 2.45) is 22.4 Å². The summed E-state index contributed by atoms with van der Waals surface area (Å²) in [6.45, 7) is 8.62. The number of alkyl halides is 1. The van der Waals surface area contributed by atoms with Gasteiger partial charge in [0.25, 0.3) is 5.91 Å². The number of hydrogen-bond donors (Lipinski definition) is 5. The molecule has 1 aliphatic rings. The molecule has 0 aromatic heterocycles. The van der Waals surface area contributed by atoms with Crippen LogP contribution in [0.4, 0.5) is 10.1 Å². The highest BCUT2D eigenvalue weighted by Crippen LogP contribution is 2.19. The normalized spacial score (nSPS) is 15.6. The van der Waals surface area contributed by atoms with Crippen LogP contribution in [-0.2, 0) is 19.2 Å². The van der Waals surface area contributed by atoms with Crippen LogP contribution in [-0.4, -0.2) is 78.2 Å². The van der Waals surface area contributed by atoms with E-state index in [-0.39, 0.29) is 30.4 Å². The van der Waals surface area contributed by atoms with Crippen molar-refractivity contribution in [2.75, 3.05) is 25.1 Å². The number of halogens is 1. The molecule has 0 unspecified atom stereocenters. The lowest BCUT2D eigenvalue weighted by molar-refractivity contribution is -0.140. The third-order valence-electron chi connectivity index (χ3n) is 5.78. The average molecular weight is 578 g/mol. The summed E-state index contributed by atoms with van der Waals surface area (Å²) in [4.78, 5) is 67.2. The lowest BCUT2D eigenvalue weighted by Gasteiger charge is -2.28. The van der Waals surface area contributed by atoms with E-state index in [2.05, 4.69) is 41.7 Å². The Hall–Kier alpha value is -4.03. The van der Waals surface area contributed by atoms with E-state index in [4.69, 9.17) is 11.5 Å². The van der Waals surface area contributed by atoms with Crippen molar-refractivity contribution in [3.63, 3.8) is 0 Å². The van der Waals surface area contributed by atoms with Crippen LogP contribution >= 0.6 is 0 Å². The van der Waals surface area contributed by atoms with E-state index in [1.54, 1.807) is 18.2 Å². The van der Waals surface area contributed by atoms with Crippen LogP contribution < -0.4 is 27.4 Å². The largest absolute Gasteiger partial charge is 0.370 e. The third kappa shape index (κ3) is 12.8. The van der Waals surface area contributed by atoms with Gasteiger partial charge in [-0.1, -0.05) is 26.8 Å². The van der Waals surface area contributed by atoms with Crippen molar-refractivity contribution in [3.8, 4) is 0 Å². The maximum atomic E-state index is 13.1. The Kier molecular flexibility index (Phi) is 15.0. The molecule has 1 saturated heterocycles. The fraction of sp³-hybridized carbons (Fsp3) is 0.571. The maximum absolute atomic E-state index is 13.1. The second-order valence-electron chi connectivity index (χ2n) is 10.5. The smallest absolute Gasteiger partial charge is 0.251 e. The van der Waals surface area contributed by atoms with Gasteiger partial charge in [0, 0.05) is 31.3 Å². The molecule has 2 rings (SSSR count). The fourth-order valence-corrected chi connectivity index (χ4v) is 4.01. The molecule has 12 nitrogen and oxygen atoms in total. The number of aliphatic imine (C=N–C) groups is 1. The summed E-state index contributed by atoms with van der Waals surface area (Å²) < 4.78 is 13.1. The lowest BCUT2D eigenvalue weighted by Crippen LogP contribution is -2.54. The molecule has 7 N–H and O–H groups in total. The zero-order valence-corrected chi connectivity index (χ0v) is 24.5. The van der Waals surface area contributed by atoms with E-state index in [9.17, 15) is 28.4 Å². The van der Waals surface area contributed by atoms with Crippen LogP contribution in [0.3, 0.4) is 0 Å². The first kappa shape index (κ1) is 35.0. The number of nitrogens with one attached hydrogen (secondary N) is 3. The van der Waals surface area contributed by atoms with Gasteiger partial charge in [-0.05, 0) is 56.7 Å². The van der Waals surface area contributed by atoms with E-state index in [1.807, 2.05) is 0 Å². The molecule has 1 aromatic rings. The van der Waals surface area contributed by atoms with E-state index >= 15 is 0 Å². The molecule has 0 radical (unpaired) electrons. The number of carbonyl (C=O) groups excluding carboxylic acids is 5. The molecular weight excluding hydrogens is 533 g/mol. The molecule has 1 fully saturated rings. The molecule has 0 spiro atoms. The SMILES string of the molecule is CC(=O)Nc1cccc(C(=O)N[C@@H](C)C(=O)N2CCC[C@H]2C(=O)N[C@@H](CCCN=C(N)N)C(=O)CF)c1.CC(C)C. The molecule has 0 bridgehead atoms. The number of nitrogens with zero attached hydrogens (tertiary/aromatic N) is 2. The molecule has 1 aliphatic heterocycles. The average Bonchev–Trinajstić information content (AvgIpc) is 3.38. The number of ketones is 1. The van der Waals surface area contributed by atoms with Crippen molar-refractivity contribution < 1.29 is 28.4 Å². The first-order chi connectivity index (χ1) is 19.3. The summed E-state index contributed by atoms with van der Waals surface area (Å²) in [5.74, 6) is -1.91. The Morgan fingerprint density at radius 2 is 1.76 bits per heavy atom. The Balaban J connectivity index is 0.00000196. The van der Waals surface area contributed by atoms with Crippen molar-refractivity contribution in [1.29, 1.82) is 0 Å². The van der Waals surface area contributed by atoms with E-state index in [0.717, 1.165) is 5.92 Å². The topological polar surface area (TPSA) is 189 Å². The van der Waals surface area contributed by atoms with Gasteiger partial charge in [-0.25, -0.2) is 4.39 Å². The third-order valence-corrected chi connectivity index (χ3v) is 5.78. The number of carbonyl (C=O) groups is 5. The second-order valence-corrected chi connectivity index (χ2v) is 10.5. The number of benzene rings is 1. The van der Waals surface area contributed by atoms with Gasteiger partial charge in [-0.15, -0.1) is 0 Å². The summed E-state index contributed by atoms with van der Waals surface area (Å²) in [5.41, 5.74) is 11.2. The van der Waals surface area contributed by atoms with Crippen LogP contribution in [0.1, 0.15) is 70.7 Å². The Morgan fingerprint density at radius 1 is 1.10 bits per heavy atom. The van der Waals surface area contributed by atoms with Gasteiger partial charge in [0.2, 0.25) is 17.7 Å². The molecule has 3 atom stereocenters. The van der Waals surface area contributed by atoms with Crippen molar-refractivity contribution in [1.82, 2.24) is 15.5 Å². The van der Waals surface area contributed by atoms with Crippen molar-refractivity contribution >= 4 is 41.1 Å². The first-order valence-corrected chi connectivity index (χ1v) is 13.7. The van der Waals surface area contributed by atoms with Gasteiger partial charge >= 0.3 is 0 Å². The highest BCUT2D eigenvalue weighted by molar-refractivity contribution is 6.00. The number of anilines is 1. The number of Topliss-reactive ketones (excluding diaryl/α,β-unsaturated/α-hetero) is 1. The van der Waals surface area contributed by atoms with Gasteiger partial charge in [0.1, 0.15) is 18.8 Å². The standard InChI is InChI=1S/C24H34FN7O5.C4H10/c1-14(29-21(35)16-6-3-7-17(12-16)30-15(2)33)23(37)32-11-5-9-19(32)22(36)31-18(20(34)13-25)8-4-10-28-24(26)27;1-4(2)3/h3,6-7,12,14,18-19H,4-5,8-11,13H2,1-2H3,(H,29,35)(H,30,33)(H,31,36)(H4,26,27,28);4H,1-3H3/t14-,18-,19-;/m0./s1. The summed E-state index contributed by atoms with van der Waals surface area (Å²) in [6.07, 6.45) is 1.39. The van der Waals surface area contributed by atoms with Gasteiger partial charge in [0.05, 0.1) is 6.04 Å². The quantitative estimate of drug-likeness (QED) is 0.141. The number of hydrogen-bond acceptors (Lipinski definition) is 6. The minimum atomic E-state index is -1.24. The molecule has 41 heavy (non-hydrogen) atoms. The van der Waals surface area contributed by atoms with Crippen molar-refractivity contribution in [3.05, 3.63) is 29.8 Å². The van der Waals surface area contributed by atoms with Crippen LogP contribution in [0.5, 0.6) is 0 Å². The fourth-order valence-electron chi connectivity index (χ4n) is 4.01. The zero-order valence-electron chi connectivity index (χ0n) is 24.5. The molecule has 0 saturated carbocycles. The minimum absolute atomic E-state index is 0.112. The molecular formula is C28H44FN7O5. The number of likely N-dealkylation sites (tertiary alicyclic amines) is 1. The van der Waals surface area contributed by atoms with Crippen LogP contribution in [0.25, 0.3) is 0 Å². The van der Waals surface area contributed by atoms with Crippen LogP contribution in [0.2, 0.25) is 0 Å². The van der Waals surface area contributed by atoms with E-state index in [0.29, 0.717) is 31.5 Å². The highest BCUT2D eigenvalue weighted by atomic mass is 19.1. The highest BCUT2D eigenvalue weighted by Gasteiger charge is 2.37. The zero-order chi connectivity index (χ0) is 31.1. The number of amides is 4. The Labute approximate surface area is 240 Å². The summed E-state index contributed by atoms with van der Waals surface area (Å²) >= 11 is 0. The Bertz CT molecular complexity index is 1090. The van der Waals surface area contributed by atoms with Crippen molar-refractivity contribution in [2.45, 2.75) is 78.4 Å². The van der Waals surface area contributed by atoms with Gasteiger partial charge in [-0.3, -0.25) is 29.0 Å². The molecule has 4 amide bonds.